The van der Waals surface area contributed by atoms with Crippen LogP contribution in [0.1, 0.15) is 31.7 Å². The monoisotopic (exact) mass is 313 g/mol. The molecule has 4 heteroatoms. The summed E-state index contributed by atoms with van der Waals surface area (Å²) in [5.74, 6) is 0.159. The fraction of sp³-hybridized carbons (Fsp3) is 0.526. The van der Waals surface area contributed by atoms with Gasteiger partial charge in [-0.1, -0.05) is 25.1 Å². The van der Waals surface area contributed by atoms with Gasteiger partial charge in [0.25, 0.3) is 0 Å². The number of H-pyrrole nitrogens is 1. The standard InChI is InChI=1S/C19H27N3O/c1-14(12-15-13-21-18-8-4-3-7-17(15)18)19(23)20-10-9-16-6-5-11-22(16)2/h3-4,7-8,13-14,16,21H,5-6,9-12H2,1-2H3,(H,20,23). The van der Waals surface area contributed by atoms with Crippen LogP contribution in [0.2, 0.25) is 0 Å². The highest BCUT2D eigenvalue weighted by Crippen LogP contribution is 2.21. The molecule has 1 aromatic heterocycles. The van der Waals surface area contributed by atoms with Crippen molar-refractivity contribution in [1.29, 1.82) is 0 Å². The van der Waals surface area contributed by atoms with Crippen molar-refractivity contribution in [3.05, 3.63) is 36.0 Å². The molecule has 3 rings (SSSR count). The first-order valence-corrected chi connectivity index (χ1v) is 8.68. The van der Waals surface area contributed by atoms with Gasteiger partial charge in [0.2, 0.25) is 5.91 Å². The van der Waals surface area contributed by atoms with Gasteiger partial charge in [0, 0.05) is 35.6 Å². The second kappa shape index (κ2) is 7.18. The Kier molecular flexibility index (Phi) is 5.01. The maximum absolute atomic E-state index is 12.3. The van der Waals surface area contributed by atoms with E-state index in [1.54, 1.807) is 0 Å². The van der Waals surface area contributed by atoms with Crippen molar-refractivity contribution in [3.63, 3.8) is 0 Å². The fourth-order valence-corrected chi connectivity index (χ4v) is 3.60. The van der Waals surface area contributed by atoms with E-state index in [-0.39, 0.29) is 11.8 Å². The molecule has 1 saturated heterocycles. The van der Waals surface area contributed by atoms with E-state index in [2.05, 4.69) is 34.4 Å². The first-order chi connectivity index (χ1) is 11.1. The minimum Gasteiger partial charge on any atom is -0.361 e. The molecule has 2 N–H and O–H groups in total. The lowest BCUT2D eigenvalue weighted by Crippen LogP contribution is -2.34. The molecule has 0 saturated carbocycles. The van der Waals surface area contributed by atoms with Crippen molar-refractivity contribution in [2.24, 2.45) is 5.92 Å². The zero-order valence-electron chi connectivity index (χ0n) is 14.1. The second-order valence-corrected chi connectivity index (χ2v) is 6.82. The summed E-state index contributed by atoms with van der Waals surface area (Å²) in [5, 5.41) is 4.34. The SMILES string of the molecule is CC(Cc1c[nH]c2ccccc12)C(=O)NCCC1CCCN1C. The van der Waals surface area contributed by atoms with E-state index in [1.807, 2.05) is 25.3 Å². The number of amides is 1. The summed E-state index contributed by atoms with van der Waals surface area (Å²) >= 11 is 0. The number of carbonyl (C=O) groups is 1. The molecule has 0 radical (unpaired) electrons. The summed E-state index contributed by atoms with van der Waals surface area (Å²) in [4.78, 5) is 18.0. The fourth-order valence-electron chi connectivity index (χ4n) is 3.60. The predicted molar refractivity (Wildman–Crippen MR) is 94.4 cm³/mol. The number of hydrogen-bond donors (Lipinski definition) is 2. The Bertz CT molecular complexity index is 663. The molecule has 0 bridgehead atoms. The largest absolute Gasteiger partial charge is 0.361 e. The van der Waals surface area contributed by atoms with Crippen molar-refractivity contribution in [2.45, 2.75) is 38.6 Å². The summed E-state index contributed by atoms with van der Waals surface area (Å²) in [5.41, 5.74) is 2.36. The van der Waals surface area contributed by atoms with Crippen LogP contribution in [0.25, 0.3) is 10.9 Å². The molecule has 1 aromatic carbocycles. The number of aromatic amines is 1. The summed E-state index contributed by atoms with van der Waals surface area (Å²) in [6.45, 7) is 3.99. The molecule has 1 amide bonds. The second-order valence-electron chi connectivity index (χ2n) is 6.82. The highest BCUT2D eigenvalue weighted by atomic mass is 16.1. The first-order valence-electron chi connectivity index (χ1n) is 8.68. The van der Waals surface area contributed by atoms with Crippen LogP contribution in [-0.2, 0) is 11.2 Å². The van der Waals surface area contributed by atoms with Crippen molar-refractivity contribution in [3.8, 4) is 0 Å². The number of rotatable bonds is 6. The summed E-state index contributed by atoms with van der Waals surface area (Å²) < 4.78 is 0. The maximum atomic E-state index is 12.3. The van der Waals surface area contributed by atoms with Crippen LogP contribution in [0.4, 0.5) is 0 Å². The van der Waals surface area contributed by atoms with Gasteiger partial charge in [-0.2, -0.15) is 0 Å². The molecule has 1 aliphatic heterocycles. The number of benzene rings is 1. The number of fused-ring (bicyclic) bond motifs is 1. The zero-order valence-corrected chi connectivity index (χ0v) is 14.1. The molecule has 0 aliphatic carbocycles. The smallest absolute Gasteiger partial charge is 0.223 e. The van der Waals surface area contributed by atoms with Crippen LogP contribution in [0, 0.1) is 5.92 Å². The van der Waals surface area contributed by atoms with Gasteiger partial charge in [0.05, 0.1) is 0 Å². The van der Waals surface area contributed by atoms with Gasteiger partial charge in [0.1, 0.15) is 0 Å². The van der Waals surface area contributed by atoms with Crippen LogP contribution in [-0.4, -0.2) is 42.0 Å². The average Bonchev–Trinajstić information content (AvgIpc) is 3.14. The predicted octanol–water partition coefficient (Wildman–Crippen LogP) is 2.95. The Morgan fingerprint density at radius 1 is 1.43 bits per heavy atom. The van der Waals surface area contributed by atoms with Gasteiger partial charge in [0.15, 0.2) is 0 Å². The average molecular weight is 313 g/mol. The molecule has 4 nitrogen and oxygen atoms in total. The number of aromatic nitrogens is 1. The molecule has 2 heterocycles. The third kappa shape index (κ3) is 3.75. The number of nitrogens with zero attached hydrogens (tertiary/aromatic N) is 1. The minimum absolute atomic E-state index is 0.00415. The van der Waals surface area contributed by atoms with E-state index >= 15 is 0 Å². The Balaban J connectivity index is 1.49. The molecule has 2 unspecified atom stereocenters. The summed E-state index contributed by atoms with van der Waals surface area (Å²) in [7, 11) is 2.18. The third-order valence-electron chi connectivity index (χ3n) is 5.10. The van der Waals surface area contributed by atoms with Gasteiger partial charge >= 0.3 is 0 Å². The first kappa shape index (κ1) is 16.1. The van der Waals surface area contributed by atoms with E-state index in [1.165, 1.54) is 30.3 Å². The number of nitrogens with one attached hydrogen (secondary N) is 2. The Morgan fingerprint density at radius 3 is 3.04 bits per heavy atom. The third-order valence-corrected chi connectivity index (χ3v) is 5.10. The number of para-hydroxylation sites is 1. The van der Waals surface area contributed by atoms with Crippen LogP contribution < -0.4 is 5.32 Å². The van der Waals surface area contributed by atoms with Gasteiger partial charge in [-0.05, 0) is 50.9 Å². The Morgan fingerprint density at radius 2 is 2.26 bits per heavy atom. The lowest BCUT2D eigenvalue weighted by atomic mass is 10.00. The molecular formula is C19H27N3O. The van der Waals surface area contributed by atoms with E-state index in [9.17, 15) is 4.79 Å². The molecule has 2 aromatic rings. The Hall–Kier alpha value is -1.81. The minimum atomic E-state index is -0.00415. The molecule has 0 spiro atoms. The van der Waals surface area contributed by atoms with E-state index < -0.39 is 0 Å². The molecule has 124 valence electrons. The normalized spacial score (nSPS) is 20.0. The van der Waals surface area contributed by atoms with E-state index in [4.69, 9.17) is 0 Å². The van der Waals surface area contributed by atoms with Crippen molar-refractivity contribution in [2.75, 3.05) is 20.1 Å². The highest BCUT2D eigenvalue weighted by Gasteiger charge is 2.21. The lowest BCUT2D eigenvalue weighted by Gasteiger charge is -2.20. The van der Waals surface area contributed by atoms with Gasteiger partial charge in [-0.25, -0.2) is 0 Å². The number of carbonyl (C=O) groups excluding carboxylic acids is 1. The van der Waals surface area contributed by atoms with Crippen LogP contribution in [0.5, 0.6) is 0 Å². The lowest BCUT2D eigenvalue weighted by molar-refractivity contribution is -0.124. The number of hydrogen-bond acceptors (Lipinski definition) is 2. The Labute approximate surface area is 138 Å². The molecule has 2 atom stereocenters. The summed E-state index contributed by atoms with van der Waals surface area (Å²) in [6, 6.07) is 8.89. The van der Waals surface area contributed by atoms with E-state index in [0.29, 0.717) is 6.04 Å². The van der Waals surface area contributed by atoms with Crippen molar-refractivity contribution >= 4 is 16.8 Å². The molecule has 23 heavy (non-hydrogen) atoms. The van der Waals surface area contributed by atoms with Crippen molar-refractivity contribution in [1.82, 2.24) is 15.2 Å². The van der Waals surface area contributed by atoms with Gasteiger partial charge in [-0.3, -0.25) is 4.79 Å². The maximum Gasteiger partial charge on any atom is 0.223 e. The quantitative estimate of drug-likeness (QED) is 0.861. The number of likely N-dealkylation sites (tertiary alicyclic amines) is 1. The van der Waals surface area contributed by atoms with Gasteiger partial charge in [-0.15, -0.1) is 0 Å². The van der Waals surface area contributed by atoms with Gasteiger partial charge < -0.3 is 15.2 Å². The van der Waals surface area contributed by atoms with E-state index in [0.717, 1.165) is 24.9 Å². The summed E-state index contributed by atoms with van der Waals surface area (Å²) in [6.07, 6.45) is 6.41. The van der Waals surface area contributed by atoms with Crippen LogP contribution in [0.15, 0.2) is 30.5 Å². The van der Waals surface area contributed by atoms with Crippen LogP contribution in [0.3, 0.4) is 0 Å². The molecular weight excluding hydrogens is 286 g/mol. The van der Waals surface area contributed by atoms with Crippen molar-refractivity contribution < 1.29 is 4.79 Å². The topological polar surface area (TPSA) is 48.1 Å². The highest BCUT2D eigenvalue weighted by molar-refractivity contribution is 5.84. The molecule has 1 fully saturated rings. The zero-order chi connectivity index (χ0) is 16.2. The van der Waals surface area contributed by atoms with Crippen LogP contribution >= 0.6 is 0 Å². The molecule has 1 aliphatic rings.